The number of nitrogen functional groups attached to an aromatic ring is 1. The summed E-state index contributed by atoms with van der Waals surface area (Å²) >= 11 is 0. The lowest BCUT2D eigenvalue weighted by molar-refractivity contribution is -0.115. The summed E-state index contributed by atoms with van der Waals surface area (Å²) in [5.74, 6) is 0.0577. The first-order chi connectivity index (χ1) is 9.17. The predicted octanol–water partition coefficient (Wildman–Crippen LogP) is 0.905. The molecule has 2 aliphatic heterocycles. The quantitative estimate of drug-likeness (QED) is 0.776. The van der Waals surface area contributed by atoms with Gasteiger partial charge in [-0.25, -0.2) is 0 Å². The number of carbonyl (C=O) groups excluding carboxylic acids is 1. The van der Waals surface area contributed by atoms with Crippen LogP contribution in [0.5, 0.6) is 0 Å². The molecule has 0 aromatic heterocycles. The van der Waals surface area contributed by atoms with Gasteiger partial charge in [0.2, 0.25) is 5.91 Å². The Labute approximate surface area is 113 Å². The number of carbonyl (C=O) groups is 1. The van der Waals surface area contributed by atoms with Crippen LogP contribution in [0.2, 0.25) is 0 Å². The molecule has 1 aromatic rings. The van der Waals surface area contributed by atoms with Crippen molar-refractivity contribution in [1.82, 2.24) is 4.90 Å². The molecule has 5 heteroatoms. The maximum Gasteiger partial charge on any atom is 0.228 e. The molecule has 0 aliphatic carbocycles. The fourth-order valence-electron chi connectivity index (χ4n) is 2.86. The molecule has 3 N–H and O–H groups in total. The van der Waals surface area contributed by atoms with Crippen molar-refractivity contribution in [1.29, 1.82) is 0 Å². The highest BCUT2D eigenvalue weighted by atomic mass is 16.1. The number of nitrogens with two attached hydrogens (primary N) is 1. The third-order valence-corrected chi connectivity index (χ3v) is 4.04. The zero-order valence-corrected chi connectivity index (χ0v) is 11.3. The number of nitrogens with zero attached hydrogens (tertiary/aromatic N) is 2. The summed E-state index contributed by atoms with van der Waals surface area (Å²) in [4.78, 5) is 16.2. The third kappa shape index (κ3) is 2.26. The van der Waals surface area contributed by atoms with Gasteiger partial charge in [-0.3, -0.25) is 4.79 Å². The molecule has 0 spiro atoms. The zero-order chi connectivity index (χ0) is 13.4. The smallest absolute Gasteiger partial charge is 0.228 e. The third-order valence-electron chi connectivity index (χ3n) is 4.04. The second kappa shape index (κ2) is 4.74. The molecule has 3 rings (SSSR count). The standard InChI is InChI=1S/C14H20N4O/c1-2-17-3-5-18(6-4-17)13-7-10-8-14(19)16-12(10)9-11(13)15/h7,9H,2-6,8,15H2,1H3,(H,16,19). The predicted molar refractivity (Wildman–Crippen MR) is 77.5 cm³/mol. The number of piperazine rings is 1. The molecule has 5 nitrogen and oxygen atoms in total. The minimum Gasteiger partial charge on any atom is -0.397 e. The maximum atomic E-state index is 11.4. The van der Waals surface area contributed by atoms with Gasteiger partial charge in [-0.05, 0) is 24.2 Å². The molecule has 0 unspecified atom stereocenters. The highest BCUT2D eigenvalue weighted by molar-refractivity contribution is 6.00. The second-order valence-corrected chi connectivity index (χ2v) is 5.21. The number of benzene rings is 1. The first kappa shape index (κ1) is 12.3. The van der Waals surface area contributed by atoms with Crippen LogP contribution in [0, 0.1) is 0 Å². The van der Waals surface area contributed by atoms with E-state index in [-0.39, 0.29) is 5.91 Å². The summed E-state index contributed by atoms with van der Waals surface area (Å²) in [6.45, 7) is 7.44. The van der Waals surface area contributed by atoms with Crippen LogP contribution in [0.25, 0.3) is 0 Å². The van der Waals surface area contributed by atoms with E-state index >= 15 is 0 Å². The van der Waals surface area contributed by atoms with Gasteiger partial charge in [0.15, 0.2) is 0 Å². The van der Waals surface area contributed by atoms with Gasteiger partial charge in [0.25, 0.3) is 0 Å². The lowest BCUT2D eigenvalue weighted by Gasteiger charge is -2.36. The maximum absolute atomic E-state index is 11.4. The molecule has 0 radical (unpaired) electrons. The minimum absolute atomic E-state index is 0.0577. The van der Waals surface area contributed by atoms with Crippen molar-refractivity contribution in [3.05, 3.63) is 17.7 Å². The lowest BCUT2D eigenvalue weighted by Crippen LogP contribution is -2.46. The van der Waals surface area contributed by atoms with Crippen molar-refractivity contribution >= 4 is 23.0 Å². The SMILES string of the molecule is CCN1CCN(c2cc3c(cc2N)NC(=O)C3)CC1. The van der Waals surface area contributed by atoms with Crippen molar-refractivity contribution in [2.24, 2.45) is 0 Å². The van der Waals surface area contributed by atoms with Crippen molar-refractivity contribution in [2.75, 3.05) is 48.7 Å². The average Bonchev–Trinajstić information content (AvgIpc) is 2.77. The van der Waals surface area contributed by atoms with Crippen LogP contribution in [0.1, 0.15) is 12.5 Å². The van der Waals surface area contributed by atoms with E-state index in [0.29, 0.717) is 6.42 Å². The number of fused-ring (bicyclic) bond motifs is 1. The van der Waals surface area contributed by atoms with Gasteiger partial charge >= 0.3 is 0 Å². The fraction of sp³-hybridized carbons (Fsp3) is 0.500. The minimum atomic E-state index is 0.0577. The van der Waals surface area contributed by atoms with Crippen molar-refractivity contribution in [3.8, 4) is 0 Å². The van der Waals surface area contributed by atoms with Crippen LogP contribution >= 0.6 is 0 Å². The van der Waals surface area contributed by atoms with Gasteiger partial charge in [-0.15, -0.1) is 0 Å². The Morgan fingerprint density at radius 2 is 2.00 bits per heavy atom. The van der Waals surface area contributed by atoms with E-state index in [2.05, 4.69) is 28.1 Å². The van der Waals surface area contributed by atoms with E-state index in [1.54, 1.807) is 0 Å². The molecular weight excluding hydrogens is 240 g/mol. The largest absolute Gasteiger partial charge is 0.397 e. The number of amides is 1. The molecule has 1 saturated heterocycles. The molecule has 0 saturated carbocycles. The number of rotatable bonds is 2. The summed E-state index contributed by atoms with van der Waals surface area (Å²) in [5.41, 5.74) is 9.90. The van der Waals surface area contributed by atoms with Gasteiger partial charge < -0.3 is 20.9 Å². The Hall–Kier alpha value is -1.75. The second-order valence-electron chi connectivity index (χ2n) is 5.21. The highest BCUT2D eigenvalue weighted by Crippen LogP contribution is 2.33. The van der Waals surface area contributed by atoms with Crippen molar-refractivity contribution in [2.45, 2.75) is 13.3 Å². The van der Waals surface area contributed by atoms with E-state index in [1.807, 2.05) is 6.07 Å². The topological polar surface area (TPSA) is 61.6 Å². The molecule has 19 heavy (non-hydrogen) atoms. The summed E-state index contributed by atoms with van der Waals surface area (Å²) in [7, 11) is 0. The van der Waals surface area contributed by atoms with Gasteiger partial charge in [-0.2, -0.15) is 0 Å². The molecule has 0 atom stereocenters. The number of hydrogen-bond donors (Lipinski definition) is 2. The Morgan fingerprint density at radius 1 is 1.26 bits per heavy atom. The fourth-order valence-corrected chi connectivity index (χ4v) is 2.86. The van der Waals surface area contributed by atoms with Crippen LogP contribution in [0.4, 0.5) is 17.1 Å². The molecule has 2 aliphatic rings. The van der Waals surface area contributed by atoms with E-state index in [9.17, 15) is 4.79 Å². The van der Waals surface area contributed by atoms with Crippen LogP contribution < -0.4 is 16.0 Å². The number of nitrogens with one attached hydrogen (secondary N) is 1. The summed E-state index contributed by atoms with van der Waals surface area (Å²) in [6.07, 6.45) is 0.470. The Kier molecular flexibility index (Phi) is 3.06. The number of hydrogen-bond acceptors (Lipinski definition) is 4. The van der Waals surface area contributed by atoms with E-state index in [4.69, 9.17) is 5.73 Å². The average molecular weight is 260 g/mol. The molecule has 1 fully saturated rings. The molecular formula is C14H20N4O. The van der Waals surface area contributed by atoms with Gasteiger partial charge in [0.05, 0.1) is 17.8 Å². The van der Waals surface area contributed by atoms with E-state index in [0.717, 1.165) is 55.3 Å². The Balaban J connectivity index is 1.82. The lowest BCUT2D eigenvalue weighted by atomic mass is 10.1. The van der Waals surface area contributed by atoms with E-state index < -0.39 is 0 Å². The van der Waals surface area contributed by atoms with Crippen LogP contribution in [-0.2, 0) is 11.2 Å². The molecule has 1 aromatic carbocycles. The molecule has 102 valence electrons. The highest BCUT2D eigenvalue weighted by Gasteiger charge is 2.23. The monoisotopic (exact) mass is 260 g/mol. The Morgan fingerprint density at radius 3 is 2.68 bits per heavy atom. The summed E-state index contributed by atoms with van der Waals surface area (Å²) < 4.78 is 0. The zero-order valence-electron chi connectivity index (χ0n) is 11.3. The molecule has 2 heterocycles. The van der Waals surface area contributed by atoms with Crippen molar-refractivity contribution < 1.29 is 4.79 Å². The van der Waals surface area contributed by atoms with Crippen LogP contribution in [-0.4, -0.2) is 43.5 Å². The van der Waals surface area contributed by atoms with Crippen LogP contribution in [0.15, 0.2) is 12.1 Å². The Bertz CT molecular complexity index is 506. The number of likely N-dealkylation sites (N-methyl/N-ethyl adjacent to an activating group) is 1. The number of anilines is 3. The van der Waals surface area contributed by atoms with Crippen LogP contribution in [0.3, 0.4) is 0 Å². The summed E-state index contributed by atoms with van der Waals surface area (Å²) in [5, 5.41) is 2.84. The van der Waals surface area contributed by atoms with Gasteiger partial charge in [0, 0.05) is 31.9 Å². The van der Waals surface area contributed by atoms with E-state index in [1.165, 1.54) is 0 Å². The van der Waals surface area contributed by atoms with Gasteiger partial charge in [0.1, 0.15) is 0 Å². The molecule has 1 amide bonds. The molecule has 0 bridgehead atoms. The van der Waals surface area contributed by atoms with Gasteiger partial charge in [-0.1, -0.05) is 6.92 Å². The first-order valence-corrected chi connectivity index (χ1v) is 6.87. The summed E-state index contributed by atoms with van der Waals surface area (Å²) in [6, 6.07) is 3.96. The van der Waals surface area contributed by atoms with Crippen molar-refractivity contribution in [3.63, 3.8) is 0 Å². The normalized spacial score (nSPS) is 19.4. The first-order valence-electron chi connectivity index (χ1n) is 6.87.